The molecule has 2 heterocycles. The largest absolute Gasteiger partial charge is 0.355 e. The Morgan fingerprint density at radius 2 is 2.35 bits per heavy atom. The lowest BCUT2D eigenvalue weighted by molar-refractivity contribution is 0.569. The highest BCUT2D eigenvalue weighted by Gasteiger charge is 2.19. The van der Waals surface area contributed by atoms with E-state index in [2.05, 4.69) is 28.2 Å². The monoisotopic (exact) mass is 272 g/mol. The van der Waals surface area contributed by atoms with Gasteiger partial charge in [0.25, 0.3) is 0 Å². The van der Waals surface area contributed by atoms with Gasteiger partial charge in [0.2, 0.25) is 0 Å². The maximum absolute atomic E-state index is 9.12. The summed E-state index contributed by atoms with van der Waals surface area (Å²) in [6, 6.07) is 6.54. The van der Waals surface area contributed by atoms with E-state index in [-0.39, 0.29) is 0 Å². The van der Waals surface area contributed by atoms with E-state index >= 15 is 0 Å². The first-order valence-electron chi connectivity index (χ1n) is 7.60. The van der Waals surface area contributed by atoms with E-state index in [1.807, 2.05) is 19.1 Å². The fourth-order valence-corrected chi connectivity index (χ4v) is 2.70. The van der Waals surface area contributed by atoms with Crippen LogP contribution in [0.1, 0.15) is 43.9 Å². The van der Waals surface area contributed by atoms with Crippen LogP contribution in [0.5, 0.6) is 0 Å². The lowest BCUT2D eigenvalue weighted by Gasteiger charge is -2.27. The number of nitriles is 1. The summed E-state index contributed by atoms with van der Waals surface area (Å²) < 4.78 is 0. The smallest absolute Gasteiger partial charge is 0.130 e. The van der Waals surface area contributed by atoms with Crippen LogP contribution in [0.4, 0.5) is 5.82 Å². The molecule has 0 aliphatic carbocycles. The van der Waals surface area contributed by atoms with Crippen molar-refractivity contribution in [3.05, 3.63) is 23.4 Å². The standard InChI is InChI=1S/C16H24N4/c1-3-4-8-20(12-15-6-5-7-18-15)16-10-14(11-17)9-13(2)19-16/h9-10,15,18H,3-8,12H2,1-2H3. The Balaban J connectivity index is 2.15. The van der Waals surface area contributed by atoms with Gasteiger partial charge in [-0.2, -0.15) is 5.26 Å². The summed E-state index contributed by atoms with van der Waals surface area (Å²) >= 11 is 0. The minimum Gasteiger partial charge on any atom is -0.355 e. The molecule has 20 heavy (non-hydrogen) atoms. The van der Waals surface area contributed by atoms with Crippen molar-refractivity contribution in [3.63, 3.8) is 0 Å². The van der Waals surface area contributed by atoms with Crippen LogP contribution in [0.3, 0.4) is 0 Å². The fraction of sp³-hybridized carbons (Fsp3) is 0.625. The van der Waals surface area contributed by atoms with Gasteiger partial charge in [0, 0.05) is 24.8 Å². The molecule has 1 aromatic heterocycles. The number of hydrogen-bond donors (Lipinski definition) is 1. The molecule has 0 bridgehead atoms. The number of anilines is 1. The highest BCUT2D eigenvalue weighted by Crippen LogP contribution is 2.18. The summed E-state index contributed by atoms with van der Waals surface area (Å²) in [5, 5.41) is 12.7. The zero-order valence-electron chi connectivity index (χ0n) is 12.5. The van der Waals surface area contributed by atoms with Gasteiger partial charge in [-0.25, -0.2) is 4.98 Å². The minimum atomic E-state index is 0.555. The van der Waals surface area contributed by atoms with Gasteiger partial charge >= 0.3 is 0 Å². The third kappa shape index (κ3) is 3.94. The topological polar surface area (TPSA) is 52.0 Å². The van der Waals surface area contributed by atoms with Gasteiger partial charge in [0.1, 0.15) is 5.82 Å². The highest BCUT2D eigenvalue weighted by molar-refractivity contribution is 5.46. The van der Waals surface area contributed by atoms with Crippen molar-refractivity contribution in [1.82, 2.24) is 10.3 Å². The molecule has 1 saturated heterocycles. The van der Waals surface area contributed by atoms with Crippen LogP contribution >= 0.6 is 0 Å². The first kappa shape index (κ1) is 14.8. The van der Waals surface area contributed by atoms with Gasteiger partial charge < -0.3 is 10.2 Å². The molecule has 1 fully saturated rings. The quantitative estimate of drug-likeness (QED) is 0.865. The molecule has 1 aliphatic rings. The van der Waals surface area contributed by atoms with E-state index < -0.39 is 0 Å². The summed E-state index contributed by atoms with van der Waals surface area (Å²) in [6.45, 7) is 7.28. The number of pyridine rings is 1. The molecule has 1 unspecified atom stereocenters. The van der Waals surface area contributed by atoms with Crippen molar-refractivity contribution in [2.24, 2.45) is 0 Å². The molecule has 0 aromatic carbocycles. The maximum atomic E-state index is 9.12. The summed E-state index contributed by atoms with van der Waals surface area (Å²) in [6.07, 6.45) is 4.83. The molecule has 4 nitrogen and oxygen atoms in total. The van der Waals surface area contributed by atoms with Crippen LogP contribution in [0.15, 0.2) is 12.1 Å². The zero-order valence-corrected chi connectivity index (χ0v) is 12.5. The molecule has 1 atom stereocenters. The molecule has 108 valence electrons. The molecule has 1 aliphatic heterocycles. The number of unbranched alkanes of at least 4 members (excludes halogenated alkanes) is 1. The fourth-order valence-electron chi connectivity index (χ4n) is 2.70. The second-order valence-corrected chi connectivity index (χ2v) is 5.56. The van der Waals surface area contributed by atoms with Crippen molar-refractivity contribution in [1.29, 1.82) is 5.26 Å². The zero-order chi connectivity index (χ0) is 14.4. The Morgan fingerprint density at radius 3 is 3.00 bits per heavy atom. The first-order chi connectivity index (χ1) is 9.72. The molecule has 1 N–H and O–H groups in total. The summed E-state index contributed by atoms with van der Waals surface area (Å²) in [7, 11) is 0. The van der Waals surface area contributed by atoms with Gasteiger partial charge in [-0.05, 0) is 44.9 Å². The molecule has 0 radical (unpaired) electrons. The van der Waals surface area contributed by atoms with E-state index in [1.165, 1.54) is 19.3 Å². The average Bonchev–Trinajstić information content (AvgIpc) is 2.95. The molecule has 2 rings (SSSR count). The van der Waals surface area contributed by atoms with E-state index in [1.54, 1.807) is 0 Å². The minimum absolute atomic E-state index is 0.555. The summed E-state index contributed by atoms with van der Waals surface area (Å²) in [5.74, 6) is 0.948. The molecular formula is C16H24N4. The normalized spacial score (nSPS) is 17.9. The third-order valence-corrected chi connectivity index (χ3v) is 3.78. The first-order valence-corrected chi connectivity index (χ1v) is 7.60. The van der Waals surface area contributed by atoms with E-state index in [4.69, 9.17) is 5.26 Å². The van der Waals surface area contributed by atoms with Gasteiger partial charge in [-0.15, -0.1) is 0 Å². The average molecular weight is 272 g/mol. The maximum Gasteiger partial charge on any atom is 0.130 e. The Labute approximate surface area is 121 Å². The predicted molar refractivity (Wildman–Crippen MR) is 81.8 cm³/mol. The number of nitrogens with one attached hydrogen (secondary N) is 1. The second-order valence-electron chi connectivity index (χ2n) is 5.56. The molecular weight excluding hydrogens is 248 g/mol. The van der Waals surface area contributed by atoms with Gasteiger partial charge in [0.15, 0.2) is 0 Å². The summed E-state index contributed by atoms with van der Waals surface area (Å²) in [5.41, 5.74) is 1.62. The van der Waals surface area contributed by atoms with Gasteiger partial charge in [-0.1, -0.05) is 13.3 Å². The predicted octanol–water partition coefficient (Wildman–Crippen LogP) is 2.62. The van der Waals surface area contributed by atoms with E-state index in [0.717, 1.165) is 37.6 Å². The Morgan fingerprint density at radius 1 is 1.50 bits per heavy atom. The summed E-state index contributed by atoms with van der Waals surface area (Å²) in [4.78, 5) is 6.96. The van der Waals surface area contributed by atoms with Crippen LogP contribution < -0.4 is 10.2 Å². The highest BCUT2D eigenvalue weighted by atomic mass is 15.2. The SMILES string of the molecule is CCCCN(CC1CCCN1)c1cc(C#N)cc(C)n1. The molecule has 0 spiro atoms. The van der Waals surface area contributed by atoms with E-state index in [0.29, 0.717) is 11.6 Å². The van der Waals surface area contributed by atoms with Crippen LogP contribution in [0.2, 0.25) is 0 Å². The van der Waals surface area contributed by atoms with Crippen molar-refractivity contribution < 1.29 is 0 Å². The van der Waals surface area contributed by atoms with Crippen LogP contribution in [0.25, 0.3) is 0 Å². The number of nitrogens with zero attached hydrogens (tertiary/aromatic N) is 3. The molecule has 0 saturated carbocycles. The molecule has 0 amide bonds. The molecule has 1 aromatic rings. The van der Waals surface area contributed by atoms with Crippen molar-refractivity contribution in [2.45, 2.75) is 45.6 Å². The Hall–Kier alpha value is -1.60. The van der Waals surface area contributed by atoms with Crippen molar-refractivity contribution in [3.8, 4) is 6.07 Å². The van der Waals surface area contributed by atoms with Gasteiger partial charge in [-0.3, -0.25) is 0 Å². The number of aryl methyl sites for hydroxylation is 1. The van der Waals surface area contributed by atoms with Crippen LogP contribution in [-0.4, -0.2) is 30.7 Å². The van der Waals surface area contributed by atoms with Gasteiger partial charge in [0.05, 0.1) is 11.6 Å². The lowest BCUT2D eigenvalue weighted by Crippen LogP contribution is -2.38. The van der Waals surface area contributed by atoms with Crippen LogP contribution in [0, 0.1) is 18.3 Å². The van der Waals surface area contributed by atoms with Crippen molar-refractivity contribution >= 4 is 5.82 Å². The number of rotatable bonds is 6. The number of aromatic nitrogens is 1. The lowest BCUT2D eigenvalue weighted by atomic mass is 10.2. The number of hydrogen-bond acceptors (Lipinski definition) is 4. The Bertz CT molecular complexity index is 472. The Kier molecular flexibility index (Phi) is 5.37. The van der Waals surface area contributed by atoms with Crippen molar-refractivity contribution in [2.75, 3.05) is 24.5 Å². The molecule has 4 heteroatoms. The second kappa shape index (κ2) is 7.25. The third-order valence-electron chi connectivity index (χ3n) is 3.78. The van der Waals surface area contributed by atoms with E-state index in [9.17, 15) is 0 Å². The van der Waals surface area contributed by atoms with Crippen LogP contribution in [-0.2, 0) is 0 Å².